The average Bonchev–Trinajstić information content (AvgIpc) is 2.17. The van der Waals surface area contributed by atoms with Crippen LogP contribution in [0.4, 0.5) is 0 Å². The van der Waals surface area contributed by atoms with Crippen molar-refractivity contribution >= 4 is 5.91 Å². The van der Waals surface area contributed by atoms with Crippen LogP contribution in [0.2, 0.25) is 0 Å². The number of likely N-dealkylation sites (N-methyl/N-ethyl adjacent to an activating group) is 1. The van der Waals surface area contributed by atoms with Crippen molar-refractivity contribution in [3.05, 3.63) is 0 Å². The van der Waals surface area contributed by atoms with E-state index in [4.69, 9.17) is 0 Å². The first-order valence-electron chi connectivity index (χ1n) is 5.89. The smallest absolute Gasteiger partial charge is 0.240 e. The molecule has 2 N–H and O–H groups in total. The molecule has 0 heterocycles. The molecule has 0 aliphatic heterocycles. The largest absolute Gasteiger partial charge is 0.349 e. The Morgan fingerprint density at radius 3 is 1.87 bits per heavy atom. The summed E-state index contributed by atoms with van der Waals surface area (Å²) in [4.78, 5) is 12.0. The predicted molar refractivity (Wildman–Crippen MR) is 64.9 cm³/mol. The van der Waals surface area contributed by atoms with Gasteiger partial charge in [-0.15, -0.1) is 0 Å². The highest BCUT2D eigenvalue weighted by Gasteiger charge is 2.31. The zero-order chi connectivity index (χ0) is 12.1. The minimum Gasteiger partial charge on any atom is -0.349 e. The molecule has 0 aromatic carbocycles. The molecule has 3 heteroatoms. The predicted octanol–water partition coefficient (Wildman–Crippen LogP) is 2.07. The van der Waals surface area contributed by atoms with Crippen molar-refractivity contribution in [3.8, 4) is 0 Å². The Hall–Kier alpha value is -0.570. The first-order valence-corrected chi connectivity index (χ1v) is 5.89. The van der Waals surface area contributed by atoms with Gasteiger partial charge in [0, 0.05) is 5.54 Å². The molecule has 0 aromatic rings. The molecule has 15 heavy (non-hydrogen) atoms. The maximum Gasteiger partial charge on any atom is 0.240 e. The van der Waals surface area contributed by atoms with Crippen molar-refractivity contribution in [2.75, 3.05) is 6.54 Å². The number of nitrogens with one attached hydrogen (secondary N) is 2. The van der Waals surface area contributed by atoms with Crippen LogP contribution in [-0.2, 0) is 4.79 Å². The van der Waals surface area contributed by atoms with Gasteiger partial charge in [-0.05, 0) is 40.2 Å². The fraction of sp³-hybridized carbons (Fsp3) is 0.917. The lowest BCUT2D eigenvalue weighted by atomic mass is 9.93. The summed E-state index contributed by atoms with van der Waals surface area (Å²) in [5.41, 5.74) is -0.565. The lowest BCUT2D eigenvalue weighted by Gasteiger charge is -2.33. The number of hydrogen-bond acceptors (Lipinski definition) is 2. The van der Waals surface area contributed by atoms with Crippen LogP contribution >= 0.6 is 0 Å². The van der Waals surface area contributed by atoms with E-state index < -0.39 is 5.54 Å². The summed E-state index contributed by atoms with van der Waals surface area (Å²) in [6, 6.07) is 0. The Balaban J connectivity index is 4.47. The molecule has 0 fully saturated rings. The second kappa shape index (κ2) is 5.50. The highest BCUT2D eigenvalue weighted by atomic mass is 16.2. The zero-order valence-electron chi connectivity index (χ0n) is 11.0. The van der Waals surface area contributed by atoms with Gasteiger partial charge in [-0.2, -0.15) is 0 Å². The van der Waals surface area contributed by atoms with Crippen molar-refractivity contribution in [2.45, 2.75) is 65.5 Å². The molecule has 0 bridgehead atoms. The third-order valence-corrected chi connectivity index (χ3v) is 3.16. The highest BCUT2D eigenvalue weighted by molar-refractivity contribution is 5.86. The van der Waals surface area contributed by atoms with Crippen molar-refractivity contribution in [1.29, 1.82) is 0 Å². The number of amides is 1. The van der Waals surface area contributed by atoms with Crippen LogP contribution in [0.15, 0.2) is 0 Å². The summed E-state index contributed by atoms with van der Waals surface area (Å²) in [5, 5.41) is 6.30. The summed E-state index contributed by atoms with van der Waals surface area (Å²) in [6.45, 7) is 12.9. The summed E-state index contributed by atoms with van der Waals surface area (Å²) in [7, 11) is 0. The summed E-state index contributed by atoms with van der Waals surface area (Å²) < 4.78 is 0. The van der Waals surface area contributed by atoms with Crippen LogP contribution in [0.5, 0.6) is 0 Å². The van der Waals surface area contributed by atoms with E-state index in [0.717, 1.165) is 19.4 Å². The molecule has 0 saturated heterocycles. The molecule has 0 saturated carbocycles. The lowest BCUT2D eigenvalue weighted by Crippen LogP contribution is -2.58. The highest BCUT2D eigenvalue weighted by Crippen LogP contribution is 2.15. The molecule has 3 nitrogen and oxygen atoms in total. The number of hydrogen-bond donors (Lipinski definition) is 2. The van der Waals surface area contributed by atoms with E-state index in [2.05, 4.69) is 31.4 Å². The Morgan fingerprint density at radius 1 is 1.07 bits per heavy atom. The average molecular weight is 214 g/mol. The van der Waals surface area contributed by atoms with Gasteiger partial charge in [0.1, 0.15) is 0 Å². The number of carbonyl (C=O) groups is 1. The lowest BCUT2D eigenvalue weighted by molar-refractivity contribution is -0.128. The molecule has 0 aromatic heterocycles. The Morgan fingerprint density at radius 2 is 1.53 bits per heavy atom. The van der Waals surface area contributed by atoms with Gasteiger partial charge >= 0.3 is 0 Å². The second-order valence-corrected chi connectivity index (χ2v) is 4.88. The summed E-state index contributed by atoms with van der Waals surface area (Å²) in [6.07, 6.45) is 1.91. The van der Waals surface area contributed by atoms with Crippen molar-refractivity contribution < 1.29 is 4.79 Å². The van der Waals surface area contributed by atoms with Gasteiger partial charge in [0.05, 0.1) is 5.54 Å². The quantitative estimate of drug-likeness (QED) is 0.710. The molecule has 0 unspecified atom stereocenters. The molecule has 0 aliphatic rings. The van der Waals surface area contributed by atoms with E-state index in [9.17, 15) is 4.79 Å². The first kappa shape index (κ1) is 14.4. The molecule has 0 aliphatic carbocycles. The molecule has 90 valence electrons. The van der Waals surface area contributed by atoms with Crippen molar-refractivity contribution in [3.63, 3.8) is 0 Å². The van der Waals surface area contributed by atoms with E-state index in [-0.39, 0.29) is 11.4 Å². The monoisotopic (exact) mass is 214 g/mol. The van der Waals surface area contributed by atoms with Crippen LogP contribution in [0, 0.1) is 0 Å². The Bertz CT molecular complexity index is 208. The molecule has 0 rings (SSSR count). The molecular formula is C12H26N2O. The van der Waals surface area contributed by atoms with Gasteiger partial charge in [0.25, 0.3) is 0 Å². The fourth-order valence-electron chi connectivity index (χ4n) is 1.38. The van der Waals surface area contributed by atoms with Gasteiger partial charge in [-0.1, -0.05) is 20.8 Å². The first-order chi connectivity index (χ1) is 6.81. The van der Waals surface area contributed by atoms with E-state index in [1.807, 2.05) is 20.8 Å². The minimum atomic E-state index is -0.486. The van der Waals surface area contributed by atoms with Crippen LogP contribution in [0.25, 0.3) is 0 Å². The van der Waals surface area contributed by atoms with E-state index >= 15 is 0 Å². The Kier molecular flexibility index (Phi) is 5.29. The maximum atomic E-state index is 12.0. The van der Waals surface area contributed by atoms with E-state index in [0.29, 0.717) is 0 Å². The number of carbonyl (C=O) groups excluding carboxylic acids is 1. The van der Waals surface area contributed by atoms with Crippen molar-refractivity contribution in [2.24, 2.45) is 0 Å². The maximum absolute atomic E-state index is 12.0. The van der Waals surface area contributed by atoms with Gasteiger partial charge < -0.3 is 10.6 Å². The third kappa shape index (κ3) is 4.20. The van der Waals surface area contributed by atoms with Gasteiger partial charge in [-0.3, -0.25) is 4.79 Å². The van der Waals surface area contributed by atoms with E-state index in [1.165, 1.54) is 0 Å². The molecule has 0 spiro atoms. The summed E-state index contributed by atoms with van der Waals surface area (Å²) >= 11 is 0. The van der Waals surface area contributed by atoms with E-state index in [1.54, 1.807) is 0 Å². The SMILES string of the molecule is CCNC(C)(C)C(=O)NC(C)(CC)CC. The Labute approximate surface area is 94.0 Å². The van der Waals surface area contributed by atoms with Crippen molar-refractivity contribution in [1.82, 2.24) is 10.6 Å². The second-order valence-electron chi connectivity index (χ2n) is 4.88. The zero-order valence-corrected chi connectivity index (χ0v) is 11.0. The molecule has 0 radical (unpaired) electrons. The molecular weight excluding hydrogens is 188 g/mol. The molecule has 1 amide bonds. The fourth-order valence-corrected chi connectivity index (χ4v) is 1.38. The summed E-state index contributed by atoms with van der Waals surface area (Å²) in [5.74, 6) is 0.0792. The van der Waals surface area contributed by atoms with Crippen LogP contribution < -0.4 is 10.6 Å². The minimum absolute atomic E-state index is 0.0792. The normalized spacial score (nSPS) is 12.7. The van der Waals surface area contributed by atoms with Crippen LogP contribution in [0.1, 0.15) is 54.4 Å². The van der Waals surface area contributed by atoms with Gasteiger partial charge in [0.15, 0.2) is 0 Å². The van der Waals surface area contributed by atoms with Crippen LogP contribution in [-0.4, -0.2) is 23.5 Å². The van der Waals surface area contributed by atoms with Crippen LogP contribution in [0.3, 0.4) is 0 Å². The topological polar surface area (TPSA) is 41.1 Å². The number of rotatable bonds is 6. The van der Waals surface area contributed by atoms with Gasteiger partial charge in [-0.25, -0.2) is 0 Å². The van der Waals surface area contributed by atoms with Gasteiger partial charge in [0.2, 0.25) is 5.91 Å². The third-order valence-electron chi connectivity index (χ3n) is 3.16. The standard InChI is InChI=1S/C12H26N2O/c1-7-12(6,8-2)14-10(15)11(4,5)13-9-3/h13H,7-9H2,1-6H3,(H,14,15). The molecule has 0 atom stereocenters.